The van der Waals surface area contributed by atoms with E-state index in [0.29, 0.717) is 0 Å². The molecule has 1 aliphatic heterocycles. The number of carbonyl (C=O) groups is 1. The first-order chi connectivity index (χ1) is 19.5. The summed E-state index contributed by atoms with van der Waals surface area (Å²) in [5.41, 5.74) is -4.32. The number of hydrogen-bond donors (Lipinski definition) is 3. The van der Waals surface area contributed by atoms with E-state index in [0.717, 1.165) is 21.9 Å². The number of anilines is 2. The van der Waals surface area contributed by atoms with Gasteiger partial charge in [0.05, 0.1) is 12.9 Å². The maximum Gasteiger partial charge on any atom is 0.446 e. The van der Waals surface area contributed by atoms with E-state index in [4.69, 9.17) is 4.74 Å². The molecule has 1 aliphatic rings. The third-order valence-electron chi connectivity index (χ3n) is 5.22. The van der Waals surface area contributed by atoms with Crippen molar-refractivity contribution in [2.75, 3.05) is 18.5 Å². The van der Waals surface area contributed by atoms with Crippen LogP contribution in [0.3, 0.4) is 0 Å². The normalized spacial score (nSPS) is 21.4. The smallest absolute Gasteiger partial charge is 0.439 e. The topological polar surface area (TPSA) is 167 Å². The van der Waals surface area contributed by atoms with Gasteiger partial charge >= 0.3 is 28.1 Å². The Kier molecular flexibility index (Phi) is 9.01. The summed E-state index contributed by atoms with van der Waals surface area (Å²) < 4.78 is 129. The molecule has 1 amide bonds. The summed E-state index contributed by atoms with van der Waals surface area (Å²) in [6.45, 7) is -3.14. The van der Waals surface area contributed by atoms with Crippen LogP contribution in [0.1, 0.15) is 6.23 Å². The van der Waals surface area contributed by atoms with Gasteiger partial charge in [-0.2, -0.15) is 39.5 Å². The number of halogens is 7. The van der Waals surface area contributed by atoms with Crippen LogP contribution in [-0.2, 0) is 24.0 Å². The molecule has 0 unspecified atom stereocenters. The number of imidazole rings is 1. The third kappa shape index (κ3) is 8.08. The van der Waals surface area contributed by atoms with Crippen molar-refractivity contribution >= 4 is 50.8 Å². The van der Waals surface area contributed by atoms with E-state index < -0.39 is 65.9 Å². The second kappa shape index (κ2) is 12.0. The Morgan fingerprint density at radius 2 is 1.90 bits per heavy atom. The lowest BCUT2D eigenvalue weighted by atomic mass is 10.1. The van der Waals surface area contributed by atoms with Crippen LogP contribution in [0.4, 0.5) is 47.0 Å². The van der Waals surface area contributed by atoms with Crippen LogP contribution >= 0.6 is 11.8 Å². The number of carbonyl (C=O) groups excluding carboxylic acids is 1. The average molecular weight is 651 g/mol. The lowest BCUT2D eigenvalue weighted by molar-refractivity contribution is -0.160. The molecule has 0 radical (unpaired) electrons. The Morgan fingerprint density at radius 3 is 2.60 bits per heavy atom. The van der Waals surface area contributed by atoms with Crippen molar-refractivity contribution in [1.82, 2.24) is 24.2 Å². The van der Waals surface area contributed by atoms with E-state index in [9.17, 15) is 44.7 Å². The fourth-order valence-electron chi connectivity index (χ4n) is 3.57. The number of rotatable bonds is 9. The van der Waals surface area contributed by atoms with E-state index in [1.807, 2.05) is 0 Å². The van der Waals surface area contributed by atoms with Crippen molar-refractivity contribution in [1.29, 1.82) is 0 Å². The van der Waals surface area contributed by atoms with Gasteiger partial charge in [0, 0.05) is 10.6 Å². The second-order valence-electron chi connectivity index (χ2n) is 8.28. The Hall–Kier alpha value is -3.47. The molecule has 0 spiro atoms. The van der Waals surface area contributed by atoms with Crippen molar-refractivity contribution in [3.8, 4) is 0 Å². The zero-order chi connectivity index (χ0) is 30.9. The minimum atomic E-state index is -5.05. The number of alkyl halides is 7. The van der Waals surface area contributed by atoms with Crippen LogP contribution in [-0.4, -0.2) is 82.4 Å². The minimum absolute atomic E-state index is 0.0244. The standard InChI is InChI=1S/C20H17F7N6O7S2/c21-12-14(34)11(5-39-42(36,37)32-18(35)38-6-19(22,23)24)40-17(12)33-8-30-13-15(28-7-29-16(13)33)31-9-2-1-3-10(4-9)41-20(25,26)27/h1-4,7-8,11-12,14,17,34H,5-6H2,(H,32,35)(H,28,29,31)/t11-,12+,14-,17-/m1/s1. The number of fused-ring (bicyclic) bond motifs is 1. The molecule has 2 aromatic heterocycles. The van der Waals surface area contributed by atoms with Crippen LogP contribution in [0.15, 0.2) is 41.8 Å². The van der Waals surface area contributed by atoms with E-state index in [1.165, 1.54) is 24.3 Å². The molecule has 42 heavy (non-hydrogen) atoms. The first kappa shape index (κ1) is 31.5. The van der Waals surface area contributed by atoms with Crippen LogP contribution < -0.4 is 10.0 Å². The van der Waals surface area contributed by atoms with Crippen molar-refractivity contribution in [3.63, 3.8) is 0 Å². The first-order valence-corrected chi connectivity index (χ1v) is 13.4. The van der Waals surface area contributed by atoms with Crippen molar-refractivity contribution < 1.29 is 62.7 Å². The van der Waals surface area contributed by atoms with Gasteiger partial charge in [0.25, 0.3) is 0 Å². The maximum atomic E-state index is 15.0. The molecular weight excluding hydrogens is 633 g/mol. The number of amides is 1. The summed E-state index contributed by atoms with van der Waals surface area (Å²) in [5, 5.41) is 13.0. The quantitative estimate of drug-likeness (QED) is 0.229. The number of aliphatic hydroxyl groups is 1. The number of aromatic nitrogens is 4. The highest BCUT2D eigenvalue weighted by molar-refractivity contribution is 8.00. The molecule has 3 aromatic rings. The molecule has 4 rings (SSSR count). The van der Waals surface area contributed by atoms with Crippen LogP contribution in [0.5, 0.6) is 0 Å². The molecule has 1 fully saturated rings. The third-order valence-corrected chi connectivity index (χ3v) is 6.80. The molecule has 22 heteroatoms. The minimum Gasteiger partial charge on any atom is -0.439 e. The van der Waals surface area contributed by atoms with Gasteiger partial charge in [0.2, 0.25) is 0 Å². The molecule has 1 aromatic carbocycles. The fourth-order valence-corrected chi connectivity index (χ4v) is 4.80. The summed E-state index contributed by atoms with van der Waals surface area (Å²) in [4.78, 5) is 23.2. The van der Waals surface area contributed by atoms with E-state index in [2.05, 4.69) is 29.2 Å². The van der Waals surface area contributed by atoms with Gasteiger partial charge in [-0.05, 0) is 30.0 Å². The molecule has 1 saturated heterocycles. The van der Waals surface area contributed by atoms with Gasteiger partial charge in [0.1, 0.15) is 18.5 Å². The van der Waals surface area contributed by atoms with Gasteiger partial charge in [-0.1, -0.05) is 6.07 Å². The number of thioether (sulfide) groups is 1. The monoisotopic (exact) mass is 650 g/mol. The molecule has 0 bridgehead atoms. The molecular formula is C20H17F7N6O7S2. The summed E-state index contributed by atoms with van der Waals surface area (Å²) >= 11 is -0.328. The number of nitrogens with one attached hydrogen (secondary N) is 2. The maximum absolute atomic E-state index is 15.0. The molecule has 4 atom stereocenters. The second-order valence-corrected chi connectivity index (χ2v) is 10.8. The molecule has 0 aliphatic carbocycles. The molecule has 230 valence electrons. The number of benzene rings is 1. The Bertz CT molecular complexity index is 1540. The zero-order valence-corrected chi connectivity index (χ0v) is 22.0. The van der Waals surface area contributed by atoms with Crippen molar-refractivity contribution in [2.45, 2.75) is 41.2 Å². The van der Waals surface area contributed by atoms with E-state index in [1.54, 1.807) is 0 Å². The molecule has 13 nitrogen and oxygen atoms in total. The molecule has 3 heterocycles. The zero-order valence-electron chi connectivity index (χ0n) is 20.3. The largest absolute Gasteiger partial charge is 0.446 e. The summed E-state index contributed by atoms with van der Waals surface area (Å²) in [6, 6.07) is 5.29. The predicted molar refractivity (Wildman–Crippen MR) is 127 cm³/mol. The van der Waals surface area contributed by atoms with Gasteiger partial charge in [-0.15, -0.1) is 0 Å². The molecule has 3 N–H and O–H groups in total. The van der Waals surface area contributed by atoms with Crippen LogP contribution in [0, 0.1) is 0 Å². The highest BCUT2D eigenvalue weighted by Crippen LogP contribution is 2.38. The Morgan fingerprint density at radius 1 is 1.17 bits per heavy atom. The number of ether oxygens (including phenoxy) is 2. The highest BCUT2D eigenvalue weighted by atomic mass is 32.2. The van der Waals surface area contributed by atoms with Crippen LogP contribution in [0.25, 0.3) is 11.2 Å². The number of aliphatic hydroxyl groups excluding tert-OH is 1. The van der Waals surface area contributed by atoms with Crippen molar-refractivity contribution in [2.24, 2.45) is 0 Å². The van der Waals surface area contributed by atoms with Crippen LogP contribution in [0.2, 0.25) is 0 Å². The van der Waals surface area contributed by atoms with Gasteiger partial charge in [0.15, 0.2) is 36.0 Å². The van der Waals surface area contributed by atoms with E-state index in [-0.39, 0.29) is 39.3 Å². The van der Waals surface area contributed by atoms with Gasteiger partial charge < -0.3 is 19.9 Å². The van der Waals surface area contributed by atoms with Crippen molar-refractivity contribution in [3.05, 3.63) is 36.9 Å². The lowest BCUT2D eigenvalue weighted by Gasteiger charge is -2.16. The SMILES string of the molecule is O=C(NS(=O)(=O)OC[C@H]1O[C@@H](n2cnc3c(Nc4cccc(SC(F)(F)F)c4)ncnc32)[C@@H](F)[C@@H]1O)OCC(F)(F)F. The summed E-state index contributed by atoms with van der Waals surface area (Å²) in [5.74, 6) is 0.0244. The first-order valence-electron chi connectivity index (χ1n) is 11.2. The van der Waals surface area contributed by atoms with E-state index >= 15 is 4.39 Å². The number of hydrogen-bond acceptors (Lipinski definition) is 12. The Labute approximate surface area is 234 Å². The fraction of sp³-hybridized carbons (Fsp3) is 0.400. The van der Waals surface area contributed by atoms with Gasteiger partial charge in [-0.3, -0.25) is 8.75 Å². The predicted octanol–water partition coefficient (Wildman–Crippen LogP) is 3.33. The highest BCUT2D eigenvalue weighted by Gasteiger charge is 2.46. The summed E-state index contributed by atoms with van der Waals surface area (Å²) in [7, 11) is -5.05. The lowest BCUT2D eigenvalue weighted by Crippen LogP contribution is -2.38. The summed E-state index contributed by atoms with van der Waals surface area (Å²) in [6.07, 6.45) is -12.3. The number of nitrogens with zero attached hydrogens (tertiary/aromatic N) is 4. The Balaban J connectivity index is 1.44. The molecule has 0 saturated carbocycles. The average Bonchev–Trinajstić information content (AvgIpc) is 3.42. The van der Waals surface area contributed by atoms with Gasteiger partial charge in [-0.25, -0.2) is 24.1 Å².